The normalized spacial score (nSPS) is 26.4. The summed E-state index contributed by atoms with van der Waals surface area (Å²) < 4.78 is 0. The van der Waals surface area contributed by atoms with Crippen LogP contribution in [0.3, 0.4) is 0 Å². The first-order chi connectivity index (χ1) is 6.83. The number of benzene rings is 1. The maximum atomic E-state index is 5.76. The second-order valence-electron chi connectivity index (χ2n) is 4.07. The van der Waals surface area contributed by atoms with Gasteiger partial charge >= 0.3 is 0 Å². The van der Waals surface area contributed by atoms with Crippen LogP contribution in [0.25, 0.3) is 11.0 Å². The second-order valence-corrected chi connectivity index (χ2v) is 4.07. The molecule has 0 unspecified atom stereocenters. The average Bonchev–Trinajstić information content (AvgIpc) is 2.55. The number of nitrogens with two attached hydrogens (primary N) is 1. The molecular weight excluding hydrogens is 174 g/mol. The second kappa shape index (κ2) is 2.82. The van der Waals surface area contributed by atoms with Gasteiger partial charge in [0.1, 0.15) is 5.82 Å². The molecule has 1 fully saturated rings. The molecule has 3 rings (SSSR count). The number of fused-ring (bicyclic) bond motifs is 1. The Balaban J connectivity index is 1.99. The predicted octanol–water partition coefficient (Wildman–Crippen LogP) is 1.77. The molecule has 3 heteroatoms. The lowest BCUT2D eigenvalue weighted by atomic mass is 9.80. The first kappa shape index (κ1) is 8.00. The quantitative estimate of drug-likeness (QED) is 0.714. The lowest BCUT2D eigenvalue weighted by molar-refractivity contribution is 0.340. The van der Waals surface area contributed by atoms with Gasteiger partial charge in [0.15, 0.2) is 0 Å². The fraction of sp³-hybridized carbons (Fsp3) is 0.364. The number of hydrogen-bond acceptors (Lipinski definition) is 2. The first-order valence-corrected chi connectivity index (χ1v) is 5.03. The molecule has 0 atom stereocenters. The smallest absolute Gasteiger partial charge is 0.110 e. The van der Waals surface area contributed by atoms with E-state index >= 15 is 0 Å². The molecule has 1 saturated carbocycles. The van der Waals surface area contributed by atoms with Gasteiger partial charge in [0.25, 0.3) is 0 Å². The van der Waals surface area contributed by atoms with Gasteiger partial charge in [0, 0.05) is 12.0 Å². The summed E-state index contributed by atoms with van der Waals surface area (Å²) in [5.41, 5.74) is 7.94. The van der Waals surface area contributed by atoms with Crippen LogP contribution in [0.2, 0.25) is 0 Å². The van der Waals surface area contributed by atoms with E-state index in [1.165, 1.54) is 0 Å². The summed E-state index contributed by atoms with van der Waals surface area (Å²) >= 11 is 0. The number of para-hydroxylation sites is 2. The Morgan fingerprint density at radius 1 is 1.29 bits per heavy atom. The van der Waals surface area contributed by atoms with E-state index in [0.29, 0.717) is 12.0 Å². The molecule has 1 aliphatic rings. The van der Waals surface area contributed by atoms with E-state index in [2.05, 4.69) is 16.0 Å². The Kier molecular flexibility index (Phi) is 1.61. The Morgan fingerprint density at radius 3 is 2.79 bits per heavy atom. The van der Waals surface area contributed by atoms with Gasteiger partial charge < -0.3 is 10.7 Å². The SMILES string of the molecule is NC1CC(c2nc3ccccc3[nH]2)C1. The number of H-pyrrole nitrogens is 1. The van der Waals surface area contributed by atoms with Gasteiger partial charge in [-0.1, -0.05) is 12.1 Å². The van der Waals surface area contributed by atoms with Crippen LogP contribution < -0.4 is 5.73 Å². The third kappa shape index (κ3) is 1.13. The van der Waals surface area contributed by atoms with Crippen LogP contribution >= 0.6 is 0 Å². The summed E-state index contributed by atoms with van der Waals surface area (Å²) in [7, 11) is 0. The van der Waals surface area contributed by atoms with Gasteiger partial charge in [-0.2, -0.15) is 0 Å². The standard InChI is InChI=1S/C11H13N3/c12-8-5-7(6-8)11-13-9-3-1-2-4-10(9)14-11/h1-4,7-8H,5-6,12H2,(H,13,14). The summed E-state index contributed by atoms with van der Waals surface area (Å²) in [6.07, 6.45) is 2.14. The van der Waals surface area contributed by atoms with Crippen molar-refractivity contribution in [2.45, 2.75) is 24.8 Å². The minimum absolute atomic E-state index is 0.383. The van der Waals surface area contributed by atoms with Crippen molar-refractivity contribution in [2.24, 2.45) is 5.73 Å². The van der Waals surface area contributed by atoms with E-state index in [1.54, 1.807) is 0 Å². The molecule has 1 aromatic carbocycles. The summed E-state index contributed by atoms with van der Waals surface area (Å²) in [6, 6.07) is 8.52. The molecule has 1 aliphatic carbocycles. The third-order valence-electron chi connectivity index (χ3n) is 2.97. The van der Waals surface area contributed by atoms with Crippen LogP contribution in [-0.4, -0.2) is 16.0 Å². The average molecular weight is 187 g/mol. The number of nitrogens with one attached hydrogen (secondary N) is 1. The van der Waals surface area contributed by atoms with E-state index in [9.17, 15) is 0 Å². The maximum Gasteiger partial charge on any atom is 0.110 e. The number of imidazole rings is 1. The van der Waals surface area contributed by atoms with Crippen molar-refractivity contribution in [3.05, 3.63) is 30.1 Å². The number of aromatic amines is 1. The molecule has 0 bridgehead atoms. The molecule has 1 aromatic heterocycles. The fourth-order valence-electron chi connectivity index (χ4n) is 2.05. The molecule has 0 spiro atoms. The molecule has 3 N–H and O–H groups in total. The van der Waals surface area contributed by atoms with Gasteiger partial charge in [-0.05, 0) is 25.0 Å². The highest BCUT2D eigenvalue weighted by molar-refractivity contribution is 5.74. The van der Waals surface area contributed by atoms with E-state index in [4.69, 9.17) is 5.73 Å². The van der Waals surface area contributed by atoms with Crippen LogP contribution in [0.15, 0.2) is 24.3 Å². The van der Waals surface area contributed by atoms with Crippen LogP contribution in [0.1, 0.15) is 24.6 Å². The van der Waals surface area contributed by atoms with Gasteiger partial charge in [0.2, 0.25) is 0 Å². The van der Waals surface area contributed by atoms with Crippen LogP contribution in [0, 0.1) is 0 Å². The highest BCUT2D eigenvalue weighted by Gasteiger charge is 2.29. The molecule has 0 amide bonds. The highest BCUT2D eigenvalue weighted by Crippen LogP contribution is 2.34. The summed E-state index contributed by atoms with van der Waals surface area (Å²) in [5.74, 6) is 1.66. The van der Waals surface area contributed by atoms with Crippen molar-refractivity contribution in [3.63, 3.8) is 0 Å². The molecule has 14 heavy (non-hydrogen) atoms. The zero-order valence-corrected chi connectivity index (χ0v) is 7.90. The van der Waals surface area contributed by atoms with Gasteiger partial charge in [-0.3, -0.25) is 0 Å². The molecule has 2 aromatic rings. The number of nitrogens with zero attached hydrogens (tertiary/aromatic N) is 1. The lowest BCUT2D eigenvalue weighted by Crippen LogP contribution is -2.35. The first-order valence-electron chi connectivity index (χ1n) is 5.03. The van der Waals surface area contributed by atoms with E-state index in [-0.39, 0.29) is 0 Å². The van der Waals surface area contributed by atoms with Crippen molar-refractivity contribution in [1.82, 2.24) is 9.97 Å². The van der Waals surface area contributed by atoms with Crippen LogP contribution in [-0.2, 0) is 0 Å². The van der Waals surface area contributed by atoms with Crippen LogP contribution in [0.4, 0.5) is 0 Å². The third-order valence-corrected chi connectivity index (χ3v) is 2.97. The van der Waals surface area contributed by atoms with Crippen LogP contribution in [0.5, 0.6) is 0 Å². The largest absolute Gasteiger partial charge is 0.342 e. The predicted molar refractivity (Wildman–Crippen MR) is 56.0 cm³/mol. The topological polar surface area (TPSA) is 54.7 Å². The minimum Gasteiger partial charge on any atom is -0.342 e. The van der Waals surface area contributed by atoms with Gasteiger partial charge in [0.05, 0.1) is 11.0 Å². The van der Waals surface area contributed by atoms with E-state index < -0.39 is 0 Å². The van der Waals surface area contributed by atoms with Gasteiger partial charge in [-0.25, -0.2) is 4.98 Å². The molecule has 3 nitrogen and oxygen atoms in total. The summed E-state index contributed by atoms with van der Waals surface area (Å²) in [5, 5.41) is 0. The van der Waals surface area contributed by atoms with Crippen molar-refractivity contribution < 1.29 is 0 Å². The summed E-state index contributed by atoms with van der Waals surface area (Å²) in [4.78, 5) is 7.91. The molecule has 1 heterocycles. The zero-order valence-electron chi connectivity index (χ0n) is 7.90. The lowest BCUT2D eigenvalue weighted by Gasteiger charge is -2.30. The maximum absolute atomic E-state index is 5.76. The minimum atomic E-state index is 0.383. The number of aromatic nitrogens is 2. The van der Waals surface area contributed by atoms with Crippen molar-refractivity contribution in [2.75, 3.05) is 0 Å². The Morgan fingerprint density at radius 2 is 2.07 bits per heavy atom. The zero-order chi connectivity index (χ0) is 9.54. The molecule has 0 saturated heterocycles. The fourth-order valence-corrected chi connectivity index (χ4v) is 2.05. The Hall–Kier alpha value is -1.35. The van der Waals surface area contributed by atoms with E-state index in [0.717, 1.165) is 29.7 Å². The highest BCUT2D eigenvalue weighted by atomic mass is 14.9. The molecule has 0 aliphatic heterocycles. The number of rotatable bonds is 1. The Labute approximate surface area is 82.3 Å². The monoisotopic (exact) mass is 187 g/mol. The molecular formula is C11H13N3. The Bertz CT molecular complexity index is 421. The molecule has 72 valence electrons. The summed E-state index contributed by atoms with van der Waals surface area (Å²) in [6.45, 7) is 0. The van der Waals surface area contributed by atoms with Crippen molar-refractivity contribution in [3.8, 4) is 0 Å². The number of hydrogen-bond donors (Lipinski definition) is 2. The van der Waals surface area contributed by atoms with Crippen molar-refractivity contribution >= 4 is 11.0 Å². The van der Waals surface area contributed by atoms with Gasteiger partial charge in [-0.15, -0.1) is 0 Å². The molecule has 0 radical (unpaired) electrons. The van der Waals surface area contributed by atoms with E-state index in [1.807, 2.05) is 18.2 Å². The van der Waals surface area contributed by atoms with Crippen molar-refractivity contribution in [1.29, 1.82) is 0 Å².